The summed E-state index contributed by atoms with van der Waals surface area (Å²) >= 11 is 5.80. The number of amides is 2. The Labute approximate surface area is 149 Å². The topological polar surface area (TPSA) is 49.4 Å². The summed E-state index contributed by atoms with van der Waals surface area (Å²) in [6.45, 7) is 1.22. The van der Waals surface area contributed by atoms with Crippen LogP contribution >= 0.6 is 11.6 Å². The Bertz CT molecular complexity index is 766. The molecule has 132 valence electrons. The molecular weight excluding hydrogens is 350 g/mol. The Balaban J connectivity index is 1.94. The SMILES string of the molecule is CC(=O)N(CC(=O)NCCc1ccc(Cl)cc1)c1ccc(F)cc1F. The second-order valence-corrected chi connectivity index (χ2v) is 5.86. The Hall–Kier alpha value is -2.47. The summed E-state index contributed by atoms with van der Waals surface area (Å²) in [7, 11) is 0. The first-order valence-electron chi connectivity index (χ1n) is 7.61. The molecule has 0 saturated carbocycles. The average Bonchev–Trinajstić information content (AvgIpc) is 2.55. The van der Waals surface area contributed by atoms with Gasteiger partial charge in [0, 0.05) is 24.6 Å². The van der Waals surface area contributed by atoms with Crippen molar-refractivity contribution in [2.45, 2.75) is 13.3 Å². The maximum absolute atomic E-state index is 13.8. The molecule has 7 heteroatoms. The predicted molar refractivity (Wildman–Crippen MR) is 92.6 cm³/mol. The van der Waals surface area contributed by atoms with Crippen molar-refractivity contribution in [3.8, 4) is 0 Å². The molecule has 2 rings (SSSR count). The number of hydrogen-bond acceptors (Lipinski definition) is 2. The number of nitrogens with one attached hydrogen (secondary N) is 1. The molecule has 25 heavy (non-hydrogen) atoms. The highest BCUT2D eigenvalue weighted by molar-refractivity contribution is 6.30. The molecule has 2 aromatic carbocycles. The zero-order chi connectivity index (χ0) is 18.4. The van der Waals surface area contributed by atoms with Crippen molar-refractivity contribution in [2.75, 3.05) is 18.0 Å². The van der Waals surface area contributed by atoms with E-state index in [-0.39, 0.29) is 12.2 Å². The molecule has 0 atom stereocenters. The second-order valence-electron chi connectivity index (χ2n) is 5.43. The van der Waals surface area contributed by atoms with Crippen LogP contribution in [0, 0.1) is 11.6 Å². The van der Waals surface area contributed by atoms with Gasteiger partial charge in [0.1, 0.15) is 18.2 Å². The molecular formula is C18H17ClF2N2O2. The van der Waals surface area contributed by atoms with E-state index in [9.17, 15) is 18.4 Å². The summed E-state index contributed by atoms with van der Waals surface area (Å²) in [4.78, 5) is 24.7. The van der Waals surface area contributed by atoms with Gasteiger partial charge in [-0.1, -0.05) is 23.7 Å². The quantitative estimate of drug-likeness (QED) is 0.852. The molecule has 0 heterocycles. The van der Waals surface area contributed by atoms with E-state index in [1.165, 1.54) is 6.92 Å². The van der Waals surface area contributed by atoms with Gasteiger partial charge in [0.05, 0.1) is 5.69 Å². The first-order valence-corrected chi connectivity index (χ1v) is 7.99. The zero-order valence-electron chi connectivity index (χ0n) is 13.6. The molecule has 0 radical (unpaired) electrons. The van der Waals surface area contributed by atoms with Gasteiger partial charge in [0.2, 0.25) is 11.8 Å². The third-order valence-corrected chi connectivity index (χ3v) is 3.78. The fraction of sp³-hybridized carbons (Fsp3) is 0.222. The van der Waals surface area contributed by atoms with Gasteiger partial charge in [-0.3, -0.25) is 9.59 Å². The van der Waals surface area contributed by atoms with Crippen LogP contribution in [0.25, 0.3) is 0 Å². The van der Waals surface area contributed by atoms with Crippen molar-refractivity contribution >= 4 is 29.1 Å². The number of halogens is 3. The van der Waals surface area contributed by atoms with Crippen LogP contribution in [0.5, 0.6) is 0 Å². The number of benzene rings is 2. The minimum atomic E-state index is -0.899. The van der Waals surface area contributed by atoms with Crippen LogP contribution in [0.2, 0.25) is 5.02 Å². The molecule has 0 spiro atoms. The van der Waals surface area contributed by atoms with Crippen molar-refractivity contribution in [3.05, 3.63) is 64.7 Å². The van der Waals surface area contributed by atoms with E-state index in [0.717, 1.165) is 22.6 Å². The largest absolute Gasteiger partial charge is 0.354 e. The maximum Gasteiger partial charge on any atom is 0.240 e. The van der Waals surface area contributed by atoms with Crippen LogP contribution < -0.4 is 10.2 Å². The molecule has 4 nitrogen and oxygen atoms in total. The molecule has 2 aromatic rings. The third kappa shape index (κ3) is 5.53. The summed E-state index contributed by atoms with van der Waals surface area (Å²) in [5.74, 6) is -2.60. The molecule has 2 amide bonds. The molecule has 0 unspecified atom stereocenters. The van der Waals surface area contributed by atoms with Gasteiger partial charge in [0.15, 0.2) is 0 Å². The molecule has 0 bridgehead atoms. The number of hydrogen-bond donors (Lipinski definition) is 1. The number of rotatable bonds is 6. The summed E-state index contributed by atoms with van der Waals surface area (Å²) < 4.78 is 26.8. The standard InChI is InChI=1S/C18H17ClF2N2O2/c1-12(24)23(17-7-6-15(20)10-16(17)21)11-18(25)22-9-8-13-2-4-14(19)5-3-13/h2-7,10H,8-9,11H2,1H3,(H,22,25). The average molecular weight is 367 g/mol. The number of carbonyl (C=O) groups is 2. The van der Waals surface area contributed by atoms with Gasteiger partial charge in [0.25, 0.3) is 0 Å². The highest BCUT2D eigenvalue weighted by Gasteiger charge is 2.19. The lowest BCUT2D eigenvalue weighted by Gasteiger charge is -2.21. The van der Waals surface area contributed by atoms with Crippen LogP contribution in [0.1, 0.15) is 12.5 Å². The number of carbonyl (C=O) groups excluding carboxylic acids is 2. The molecule has 0 fully saturated rings. The van der Waals surface area contributed by atoms with Gasteiger partial charge in [-0.2, -0.15) is 0 Å². The highest BCUT2D eigenvalue weighted by Crippen LogP contribution is 2.20. The minimum Gasteiger partial charge on any atom is -0.354 e. The van der Waals surface area contributed by atoms with E-state index in [4.69, 9.17) is 11.6 Å². The summed E-state index contributed by atoms with van der Waals surface area (Å²) in [6, 6.07) is 10.1. The van der Waals surface area contributed by atoms with Gasteiger partial charge >= 0.3 is 0 Å². The fourth-order valence-electron chi connectivity index (χ4n) is 2.26. The normalized spacial score (nSPS) is 10.4. The Morgan fingerprint density at radius 3 is 2.40 bits per heavy atom. The summed E-state index contributed by atoms with van der Waals surface area (Å²) in [6.07, 6.45) is 0.591. The molecule has 0 aliphatic rings. The van der Waals surface area contributed by atoms with E-state index < -0.39 is 23.4 Å². The second kappa shape index (κ2) is 8.58. The summed E-state index contributed by atoms with van der Waals surface area (Å²) in [5.41, 5.74) is 0.861. The lowest BCUT2D eigenvalue weighted by Crippen LogP contribution is -2.40. The van der Waals surface area contributed by atoms with Crippen LogP contribution in [-0.4, -0.2) is 24.9 Å². The first-order chi connectivity index (χ1) is 11.9. The van der Waals surface area contributed by atoms with E-state index in [2.05, 4.69) is 5.32 Å². The zero-order valence-corrected chi connectivity index (χ0v) is 14.3. The lowest BCUT2D eigenvalue weighted by atomic mass is 10.1. The highest BCUT2D eigenvalue weighted by atomic mass is 35.5. The van der Waals surface area contributed by atoms with Crippen LogP contribution in [0.4, 0.5) is 14.5 Å². The monoisotopic (exact) mass is 366 g/mol. The number of anilines is 1. The van der Waals surface area contributed by atoms with Crippen LogP contribution in [0.15, 0.2) is 42.5 Å². The van der Waals surface area contributed by atoms with E-state index >= 15 is 0 Å². The van der Waals surface area contributed by atoms with Crippen LogP contribution in [-0.2, 0) is 16.0 Å². The van der Waals surface area contributed by atoms with Crippen molar-refractivity contribution < 1.29 is 18.4 Å². The first kappa shape index (κ1) is 18.9. The minimum absolute atomic E-state index is 0.137. The Morgan fingerprint density at radius 1 is 1.12 bits per heavy atom. The predicted octanol–water partition coefficient (Wildman–Crippen LogP) is 3.33. The van der Waals surface area contributed by atoms with Gasteiger partial charge in [-0.15, -0.1) is 0 Å². The molecule has 0 aromatic heterocycles. The van der Waals surface area contributed by atoms with Gasteiger partial charge in [-0.05, 0) is 36.2 Å². The Morgan fingerprint density at radius 2 is 1.80 bits per heavy atom. The van der Waals surface area contributed by atoms with Gasteiger partial charge < -0.3 is 10.2 Å². The number of nitrogens with zero attached hydrogens (tertiary/aromatic N) is 1. The van der Waals surface area contributed by atoms with E-state index in [1.54, 1.807) is 12.1 Å². The van der Waals surface area contributed by atoms with Crippen LogP contribution in [0.3, 0.4) is 0 Å². The van der Waals surface area contributed by atoms with E-state index in [1.807, 2.05) is 12.1 Å². The Kier molecular flexibility index (Phi) is 6.47. The summed E-state index contributed by atoms with van der Waals surface area (Å²) in [5, 5.41) is 3.30. The maximum atomic E-state index is 13.8. The third-order valence-electron chi connectivity index (χ3n) is 3.53. The molecule has 0 saturated heterocycles. The molecule has 0 aliphatic heterocycles. The van der Waals surface area contributed by atoms with E-state index in [0.29, 0.717) is 24.1 Å². The van der Waals surface area contributed by atoms with Crippen molar-refractivity contribution in [1.82, 2.24) is 5.32 Å². The lowest BCUT2D eigenvalue weighted by molar-refractivity contribution is -0.123. The fourth-order valence-corrected chi connectivity index (χ4v) is 2.39. The van der Waals surface area contributed by atoms with Crippen molar-refractivity contribution in [2.24, 2.45) is 0 Å². The van der Waals surface area contributed by atoms with Gasteiger partial charge in [-0.25, -0.2) is 8.78 Å². The van der Waals surface area contributed by atoms with Crippen molar-refractivity contribution in [1.29, 1.82) is 0 Å². The van der Waals surface area contributed by atoms with Crippen molar-refractivity contribution in [3.63, 3.8) is 0 Å². The molecule has 1 N–H and O–H groups in total. The smallest absolute Gasteiger partial charge is 0.240 e. The molecule has 0 aliphatic carbocycles.